The maximum Gasteiger partial charge on any atom is 0.231 e. The molecule has 5 rings (SSSR count). The predicted octanol–water partition coefficient (Wildman–Crippen LogP) is 3.49. The van der Waals surface area contributed by atoms with Crippen LogP contribution in [-0.4, -0.2) is 76.4 Å². The Bertz CT molecular complexity index is 1120. The highest BCUT2D eigenvalue weighted by atomic mass is 35.5. The van der Waals surface area contributed by atoms with Crippen LogP contribution in [0.4, 0.5) is 11.6 Å². The SMILES string of the molecule is CC(C)N(C)C[C@@H](C(=O)N1CCN(c2ncnc3c2[C@H](C)CC(=O)N3)[C@H]2C[C@H]21)c1ccc(Cl)cc1. The molecule has 1 saturated heterocycles. The molecule has 2 aromatic rings. The molecule has 1 aliphatic carbocycles. The van der Waals surface area contributed by atoms with Crippen molar-refractivity contribution in [3.8, 4) is 0 Å². The number of carbonyl (C=O) groups is 2. The first kappa shape index (κ1) is 24.0. The van der Waals surface area contributed by atoms with Gasteiger partial charge in [-0.25, -0.2) is 9.97 Å². The third kappa shape index (κ3) is 4.61. The minimum Gasteiger partial charge on any atom is -0.349 e. The van der Waals surface area contributed by atoms with Crippen molar-refractivity contribution >= 4 is 35.1 Å². The Morgan fingerprint density at radius 1 is 1.20 bits per heavy atom. The maximum absolute atomic E-state index is 13.9. The van der Waals surface area contributed by atoms with Crippen LogP contribution >= 0.6 is 11.6 Å². The Kier molecular flexibility index (Phi) is 6.44. The van der Waals surface area contributed by atoms with Gasteiger partial charge >= 0.3 is 0 Å². The van der Waals surface area contributed by atoms with Crippen LogP contribution in [0, 0.1) is 0 Å². The van der Waals surface area contributed by atoms with E-state index < -0.39 is 0 Å². The van der Waals surface area contributed by atoms with Gasteiger partial charge in [-0.3, -0.25) is 9.59 Å². The lowest BCUT2D eigenvalue weighted by molar-refractivity contribution is -0.134. The zero-order chi connectivity index (χ0) is 24.9. The van der Waals surface area contributed by atoms with Gasteiger partial charge in [0.25, 0.3) is 0 Å². The van der Waals surface area contributed by atoms with E-state index in [0.717, 1.165) is 23.4 Å². The smallest absolute Gasteiger partial charge is 0.231 e. The van der Waals surface area contributed by atoms with Crippen LogP contribution in [0.2, 0.25) is 5.02 Å². The second-order valence-corrected chi connectivity index (χ2v) is 10.8. The number of fused-ring (bicyclic) bond motifs is 2. The van der Waals surface area contributed by atoms with Gasteiger partial charge in [0.2, 0.25) is 11.8 Å². The number of nitrogens with zero attached hydrogens (tertiary/aromatic N) is 5. The first-order valence-corrected chi connectivity index (χ1v) is 12.8. The van der Waals surface area contributed by atoms with E-state index in [1.807, 2.05) is 24.3 Å². The van der Waals surface area contributed by atoms with Crippen molar-refractivity contribution in [3.63, 3.8) is 0 Å². The standard InChI is InChI=1S/C26H33ClN6O2/c1-15(2)31(4)13-19(17-5-7-18(27)8-6-17)26(35)33-10-9-32(20-12-21(20)33)25-23-16(3)11-22(34)30-24(23)28-14-29-25/h5-8,14-16,19-21H,9-13H2,1-4H3,(H,28,29,30,34)/t16-,19-,20+,21-/m1/s1. The molecule has 3 heterocycles. The summed E-state index contributed by atoms with van der Waals surface area (Å²) < 4.78 is 0. The second kappa shape index (κ2) is 9.39. The molecule has 1 aromatic carbocycles. The van der Waals surface area contributed by atoms with Crippen LogP contribution in [0.25, 0.3) is 0 Å². The summed E-state index contributed by atoms with van der Waals surface area (Å²) in [5.41, 5.74) is 2.01. The van der Waals surface area contributed by atoms with E-state index in [4.69, 9.17) is 11.6 Å². The number of likely N-dealkylation sites (N-methyl/N-ethyl adjacent to an activating group) is 1. The van der Waals surface area contributed by atoms with Crippen LogP contribution in [-0.2, 0) is 9.59 Å². The summed E-state index contributed by atoms with van der Waals surface area (Å²) in [4.78, 5) is 41.5. The van der Waals surface area contributed by atoms with E-state index in [1.165, 1.54) is 6.33 Å². The molecule has 9 heteroatoms. The monoisotopic (exact) mass is 496 g/mol. The highest BCUT2D eigenvalue weighted by Gasteiger charge is 2.52. The molecule has 1 aromatic heterocycles. The predicted molar refractivity (Wildman–Crippen MR) is 137 cm³/mol. The topological polar surface area (TPSA) is 81.7 Å². The molecule has 1 saturated carbocycles. The minimum absolute atomic E-state index is 0.00558. The molecule has 4 atom stereocenters. The number of aromatic nitrogens is 2. The molecular weight excluding hydrogens is 464 g/mol. The molecule has 2 aliphatic heterocycles. The Balaban J connectivity index is 1.36. The fourth-order valence-corrected chi connectivity index (χ4v) is 5.50. The Morgan fingerprint density at radius 3 is 2.66 bits per heavy atom. The van der Waals surface area contributed by atoms with E-state index in [0.29, 0.717) is 42.9 Å². The number of hydrogen-bond acceptors (Lipinski definition) is 6. The van der Waals surface area contributed by atoms with Crippen molar-refractivity contribution in [2.24, 2.45) is 0 Å². The van der Waals surface area contributed by atoms with Crippen LogP contribution in [0.15, 0.2) is 30.6 Å². The van der Waals surface area contributed by atoms with Gasteiger partial charge in [-0.1, -0.05) is 30.7 Å². The summed E-state index contributed by atoms with van der Waals surface area (Å²) in [7, 11) is 2.07. The van der Waals surface area contributed by atoms with E-state index in [9.17, 15) is 9.59 Å². The second-order valence-electron chi connectivity index (χ2n) is 10.3. The van der Waals surface area contributed by atoms with Crippen molar-refractivity contribution in [2.45, 2.75) is 63.6 Å². The first-order valence-electron chi connectivity index (χ1n) is 12.4. The molecule has 0 unspecified atom stereocenters. The zero-order valence-corrected chi connectivity index (χ0v) is 21.5. The quantitative estimate of drug-likeness (QED) is 0.659. The van der Waals surface area contributed by atoms with Gasteiger partial charge in [-0.15, -0.1) is 0 Å². The summed E-state index contributed by atoms with van der Waals surface area (Å²) >= 11 is 6.13. The number of piperazine rings is 1. The molecule has 35 heavy (non-hydrogen) atoms. The van der Waals surface area contributed by atoms with Gasteiger partial charge < -0.3 is 20.0 Å². The molecule has 1 N–H and O–H groups in total. The van der Waals surface area contributed by atoms with E-state index >= 15 is 0 Å². The average Bonchev–Trinajstić information content (AvgIpc) is 3.62. The lowest BCUT2D eigenvalue weighted by Gasteiger charge is -2.39. The van der Waals surface area contributed by atoms with Gasteiger partial charge in [0.15, 0.2) is 0 Å². The molecule has 0 radical (unpaired) electrons. The number of nitrogens with one attached hydrogen (secondary N) is 1. The highest BCUT2D eigenvalue weighted by molar-refractivity contribution is 6.30. The van der Waals surface area contributed by atoms with Crippen molar-refractivity contribution in [3.05, 3.63) is 46.7 Å². The van der Waals surface area contributed by atoms with Crippen LogP contribution in [0.3, 0.4) is 0 Å². The van der Waals surface area contributed by atoms with Crippen molar-refractivity contribution in [1.82, 2.24) is 19.8 Å². The van der Waals surface area contributed by atoms with E-state index in [2.05, 4.69) is 57.8 Å². The molecule has 3 aliphatic rings. The van der Waals surface area contributed by atoms with Gasteiger partial charge in [-0.2, -0.15) is 0 Å². The minimum atomic E-state index is -0.241. The third-order valence-electron chi connectivity index (χ3n) is 7.69. The molecule has 0 spiro atoms. The summed E-state index contributed by atoms with van der Waals surface area (Å²) in [6.07, 6.45) is 2.89. The molecule has 2 fully saturated rings. The number of halogens is 1. The van der Waals surface area contributed by atoms with Crippen molar-refractivity contribution in [1.29, 1.82) is 0 Å². The van der Waals surface area contributed by atoms with Gasteiger partial charge in [-0.05, 0) is 50.9 Å². The Hall–Kier alpha value is -2.71. The number of benzene rings is 1. The molecule has 2 amide bonds. The van der Waals surface area contributed by atoms with Gasteiger partial charge in [0, 0.05) is 42.7 Å². The summed E-state index contributed by atoms with van der Waals surface area (Å²) in [5, 5.41) is 3.57. The largest absolute Gasteiger partial charge is 0.349 e. The lowest BCUT2D eigenvalue weighted by atomic mass is 9.94. The van der Waals surface area contributed by atoms with Crippen LogP contribution in [0.5, 0.6) is 0 Å². The number of rotatable bonds is 6. The fourth-order valence-electron chi connectivity index (χ4n) is 5.37. The Morgan fingerprint density at radius 2 is 1.94 bits per heavy atom. The van der Waals surface area contributed by atoms with E-state index in [-0.39, 0.29) is 35.7 Å². The average molecular weight is 497 g/mol. The highest BCUT2D eigenvalue weighted by Crippen LogP contribution is 2.44. The molecular formula is C26H33ClN6O2. The summed E-state index contributed by atoms with van der Waals surface area (Å²) in [6.45, 7) is 8.36. The van der Waals surface area contributed by atoms with Gasteiger partial charge in [0.05, 0.1) is 18.0 Å². The first-order chi connectivity index (χ1) is 16.7. The number of carbonyl (C=O) groups excluding carboxylic acids is 2. The van der Waals surface area contributed by atoms with Crippen molar-refractivity contribution in [2.75, 3.05) is 36.9 Å². The number of anilines is 2. The fraction of sp³-hybridized carbons (Fsp3) is 0.538. The van der Waals surface area contributed by atoms with Gasteiger partial charge in [0.1, 0.15) is 18.0 Å². The van der Waals surface area contributed by atoms with Crippen LogP contribution in [0.1, 0.15) is 56.6 Å². The van der Waals surface area contributed by atoms with Crippen molar-refractivity contribution < 1.29 is 9.59 Å². The maximum atomic E-state index is 13.9. The summed E-state index contributed by atoms with van der Waals surface area (Å²) in [5.74, 6) is 1.51. The third-order valence-corrected chi connectivity index (χ3v) is 7.94. The summed E-state index contributed by atoms with van der Waals surface area (Å²) in [6, 6.07) is 8.44. The normalized spacial score (nSPS) is 24.2. The molecule has 186 valence electrons. The van der Waals surface area contributed by atoms with E-state index in [1.54, 1.807) is 0 Å². The lowest BCUT2D eigenvalue weighted by Crippen LogP contribution is -2.51. The Labute approximate surface area is 211 Å². The number of hydrogen-bond donors (Lipinski definition) is 1. The van der Waals surface area contributed by atoms with Crippen LogP contribution < -0.4 is 10.2 Å². The zero-order valence-electron chi connectivity index (χ0n) is 20.7. The molecule has 8 nitrogen and oxygen atoms in total. The number of amides is 2. The molecule has 0 bridgehead atoms.